The third kappa shape index (κ3) is 3.11. The van der Waals surface area contributed by atoms with Crippen LogP contribution < -0.4 is 0 Å². The third-order valence-corrected chi connectivity index (χ3v) is 3.46. The van der Waals surface area contributed by atoms with Crippen molar-refractivity contribution in [3.63, 3.8) is 0 Å². The van der Waals surface area contributed by atoms with Crippen molar-refractivity contribution < 1.29 is 9.90 Å². The number of hydrogen-bond donors (Lipinski definition) is 1. The van der Waals surface area contributed by atoms with E-state index in [4.69, 9.17) is 5.11 Å². The minimum absolute atomic E-state index is 0.173. The molecular formula is C12H18BrNO2. The summed E-state index contributed by atoms with van der Waals surface area (Å²) in [5.41, 5.74) is 0.509. The lowest BCUT2D eigenvalue weighted by Gasteiger charge is -2.28. The van der Waals surface area contributed by atoms with Crippen molar-refractivity contribution in [2.75, 3.05) is 0 Å². The Balaban J connectivity index is 2.93. The Labute approximate surface area is 105 Å². The lowest BCUT2D eigenvalue weighted by atomic mass is 9.82. The largest absolute Gasteiger partial charge is 0.477 e. The van der Waals surface area contributed by atoms with Crippen molar-refractivity contribution in [2.24, 2.45) is 11.3 Å². The second-order valence-electron chi connectivity index (χ2n) is 5.27. The van der Waals surface area contributed by atoms with E-state index >= 15 is 0 Å². The van der Waals surface area contributed by atoms with Crippen molar-refractivity contribution >= 4 is 21.9 Å². The fourth-order valence-corrected chi connectivity index (χ4v) is 1.84. The Morgan fingerprint density at radius 3 is 2.56 bits per heavy atom. The number of aromatic carboxylic acids is 1. The first-order valence-electron chi connectivity index (χ1n) is 5.31. The van der Waals surface area contributed by atoms with Crippen LogP contribution in [0, 0.1) is 11.3 Å². The monoisotopic (exact) mass is 287 g/mol. The molecule has 1 N–H and O–H groups in total. The van der Waals surface area contributed by atoms with E-state index in [9.17, 15) is 4.79 Å². The molecule has 0 aliphatic heterocycles. The normalized spacial score (nSPS) is 13.8. The average Bonchev–Trinajstić information content (AvgIpc) is 2.45. The highest BCUT2D eigenvalue weighted by Gasteiger charge is 2.22. The lowest BCUT2D eigenvalue weighted by molar-refractivity contribution is 0.0681. The molecular weight excluding hydrogens is 270 g/mol. The molecule has 1 aromatic rings. The summed E-state index contributed by atoms with van der Waals surface area (Å²) in [6.07, 6.45) is 1.83. The van der Waals surface area contributed by atoms with E-state index in [0.717, 1.165) is 11.0 Å². The zero-order chi connectivity index (χ0) is 12.5. The molecule has 4 heteroatoms. The van der Waals surface area contributed by atoms with E-state index in [0.29, 0.717) is 11.6 Å². The smallest absolute Gasteiger partial charge is 0.352 e. The van der Waals surface area contributed by atoms with Crippen LogP contribution in [0.4, 0.5) is 0 Å². The molecule has 1 unspecified atom stereocenters. The number of aromatic nitrogens is 1. The first-order valence-corrected chi connectivity index (χ1v) is 6.10. The number of hydrogen-bond acceptors (Lipinski definition) is 1. The van der Waals surface area contributed by atoms with Gasteiger partial charge in [0.25, 0.3) is 0 Å². The topological polar surface area (TPSA) is 42.2 Å². The van der Waals surface area contributed by atoms with Crippen molar-refractivity contribution in [3.8, 4) is 0 Å². The SMILES string of the molecule is CC(Cn1cc(Br)cc1C(=O)O)C(C)(C)C. The van der Waals surface area contributed by atoms with Gasteiger partial charge in [-0.1, -0.05) is 27.7 Å². The number of halogens is 1. The Morgan fingerprint density at radius 2 is 2.12 bits per heavy atom. The molecule has 1 atom stereocenters. The molecule has 0 spiro atoms. The highest BCUT2D eigenvalue weighted by molar-refractivity contribution is 9.10. The number of rotatable bonds is 3. The van der Waals surface area contributed by atoms with E-state index < -0.39 is 5.97 Å². The van der Waals surface area contributed by atoms with Crippen LogP contribution in [0.2, 0.25) is 0 Å². The maximum Gasteiger partial charge on any atom is 0.352 e. The van der Waals surface area contributed by atoms with Crippen LogP contribution in [0.1, 0.15) is 38.2 Å². The zero-order valence-electron chi connectivity index (χ0n) is 10.1. The van der Waals surface area contributed by atoms with Gasteiger partial charge < -0.3 is 9.67 Å². The van der Waals surface area contributed by atoms with Gasteiger partial charge in [-0.15, -0.1) is 0 Å². The molecule has 1 aromatic heterocycles. The van der Waals surface area contributed by atoms with Gasteiger partial charge in [0.05, 0.1) is 0 Å². The van der Waals surface area contributed by atoms with Crippen molar-refractivity contribution in [3.05, 3.63) is 22.4 Å². The molecule has 90 valence electrons. The van der Waals surface area contributed by atoms with E-state index in [-0.39, 0.29) is 5.41 Å². The van der Waals surface area contributed by atoms with Gasteiger partial charge in [-0.05, 0) is 33.3 Å². The van der Waals surface area contributed by atoms with Gasteiger partial charge >= 0.3 is 5.97 Å². The summed E-state index contributed by atoms with van der Waals surface area (Å²) < 4.78 is 2.61. The maximum absolute atomic E-state index is 11.0. The predicted molar refractivity (Wildman–Crippen MR) is 67.7 cm³/mol. The van der Waals surface area contributed by atoms with Gasteiger partial charge in [-0.3, -0.25) is 0 Å². The van der Waals surface area contributed by atoms with Crippen LogP contribution in [0.15, 0.2) is 16.7 Å². The first-order chi connectivity index (χ1) is 7.21. The van der Waals surface area contributed by atoms with E-state index in [1.165, 1.54) is 0 Å². The van der Waals surface area contributed by atoms with Gasteiger partial charge in [0, 0.05) is 17.2 Å². The molecule has 3 nitrogen and oxygen atoms in total. The minimum Gasteiger partial charge on any atom is -0.477 e. The Bertz CT molecular complexity index is 390. The molecule has 0 saturated carbocycles. The molecule has 0 saturated heterocycles. The van der Waals surface area contributed by atoms with Crippen LogP contribution in [-0.4, -0.2) is 15.6 Å². The second-order valence-corrected chi connectivity index (χ2v) is 6.18. The molecule has 0 aliphatic carbocycles. The third-order valence-electron chi connectivity index (χ3n) is 3.03. The number of carboxylic acid groups (broad SMARTS) is 1. The Hall–Kier alpha value is -0.770. The quantitative estimate of drug-likeness (QED) is 0.922. The molecule has 0 amide bonds. The molecule has 0 bridgehead atoms. The number of nitrogens with zero attached hydrogens (tertiary/aromatic N) is 1. The van der Waals surface area contributed by atoms with Crippen molar-refractivity contribution in [2.45, 2.75) is 34.2 Å². The molecule has 0 fully saturated rings. The van der Waals surface area contributed by atoms with E-state index in [2.05, 4.69) is 43.6 Å². The summed E-state index contributed by atoms with van der Waals surface area (Å²) in [6.45, 7) is 9.35. The van der Waals surface area contributed by atoms with E-state index in [1.807, 2.05) is 6.20 Å². The highest BCUT2D eigenvalue weighted by atomic mass is 79.9. The first kappa shape index (κ1) is 13.3. The number of carbonyl (C=O) groups is 1. The van der Waals surface area contributed by atoms with Crippen molar-refractivity contribution in [1.29, 1.82) is 0 Å². The van der Waals surface area contributed by atoms with Crippen LogP contribution in [0.25, 0.3) is 0 Å². The highest BCUT2D eigenvalue weighted by Crippen LogP contribution is 2.28. The molecule has 0 radical (unpaired) electrons. The summed E-state index contributed by atoms with van der Waals surface area (Å²) in [6, 6.07) is 1.64. The molecule has 1 rings (SSSR count). The zero-order valence-corrected chi connectivity index (χ0v) is 11.7. The van der Waals surface area contributed by atoms with E-state index in [1.54, 1.807) is 10.6 Å². The van der Waals surface area contributed by atoms with Gasteiger partial charge in [0.15, 0.2) is 0 Å². The van der Waals surface area contributed by atoms with Gasteiger partial charge in [-0.25, -0.2) is 4.79 Å². The summed E-state index contributed by atoms with van der Waals surface area (Å²) in [5, 5.41) is 9.05. The number of carboxylic acids is 1. The molecule has 1 heterocycles. The van der Waals surface area contributed by atoms with Gasteiger partial charge in [0.1, 0.15) is 5.69 Å². The van der Waals surface area contributed by atoms with Crippen LogP contribution in [0.3, 0.4) is 0 Å². The van der Waals surface area contributed by atoms with Crippen LogP contribution in [-0.2, 0) is 6.54 Å². The maximum atomic E-state index is 11.0. The summed E-state index contributed by atoms with van der Waals surface area (Å²) in [5.74, 6) is -0.475. The van der Waals surface area contributed by atoms with Gasteiger partial charge in [-0.2, -0.15) is 0 Å². The lowest BCUT2D eigenvalue weighted by Crippen LogP contribution is -2.23. The molecule has 0 aromatic carbocycles. The summed E-state index contributed by atoms with van der Waals surface area (Å²) in [7, 11) is 0. The predicted octanol–water partition coefficient (Wildman–Crippen LogP) is 3.63. The minimum atomic E-state index is -0.883. The Kier molecular flexibility index (Phi) is 3.84. The van der Waals surface area contributed by atoms with Gasteiger partial charge in [0.2, 0.25) is 0 Å². The molecule has 0 aliphatic rings. The summed E-state index contributed by atoms with van der Waals surface area (Å²) >= 11 is 3.31. The van der Waals surface area contributed by atoms with Crippen molar-refractivity contribution in [1.82, 2.24) is 4.57 Å². The van der Waals surface area contributed by atoms with Crippen LogP contribution >= 0.6 is 15.9 Å². The second kappa shape index (κ2) is 4.62. The summed E-state index contributed by atoms with van der Waals surface area (Å²) in [4.78, 5) is 11.0. The van der Waals surface area contributed by atoms with Crippen LogP contribution in [0.5, 0.6) is 0 Å². The Morgan fingerprint density at radius 1 is 1.56 bits per heavy atom. The standard InChI is InChI=1S/C12H18BrNO2/c1-8(12(2,3)4)6-14-7-9(13)5-10(14)11(15)16/h5,7-8H,6H2,1-4H3,(H,15,16). The fraction of sp³-hybridized carbons (Fsp3) is 0.583. The average molecular weight is 288 g/mol. The molecule has 16 heavy (non-hydrogen) atoms. The fourth-order valence-electron chi connectivity index (χ4n) is 1.37.